The van der Waals surface area contributed by atoms with Crippen LogP contribution in [-0.2, 0) is 9.53 Å². The monoisotopic (exact) mass is 367 g/mol. The van der Waals surface area contributed by atoms with Gasteiger partial charge in [0.25, 0.3) is 0 Å². The number of methoxy groups -OCH3 is 1. The Morgan fingerprint density at radius 2 is 1.65 bits per heavy atom. The van der Waals surface area contributed by atoms with E-state index in [-0.39, 0.29) is 18.5 Å². The highest BCUT2D eigenvalue weighted by Gasteiger charge is 2.32. The van der Waals surface area contributed by atoms with Gasteiger partial charge in [-0.1, -0.05) is 6.42 Å². The van der Waals surface area contributed by atoms with E-state index in [1.165, 1.54) is 26.4 Å². The summed E-state index contributed by atoms with van der Waals surface area (Å²) in [5, 5.41) is 7.05. The van der Waals surface area contributed by atoms with E-state index in [1.807, 2.05) is 9.91 Å². The van der Waals surface area contributed by atoms with Crippen LogP contribution in [0.15, 0.2) is 0 Å². The lowest BCUT2D eigenvalue weighted by molar-refractivity contribution is -0.146. The molecule has 2 amide bonds. The standard InChI is InChI=1S/C18H33N5O3/c1-26-17(24)15-23(22-9-3-2-4-10-22)18(25)21-13-11-20(12-14-21)16-5-7-19-8-6-16/h16,19H,2-15H2,1H3. The van der Waals surface area contributed by atoms with E-state index in [9.17, 15) is 9.59 Å². The predicted octanol–water partition coefficient (Wildman–Crippen LogP) is 0.352. The van der Waals surface area contributed by atoms with Gasteiger partial charge in [-0.2, -0.15) is 0 Å². The molecule has 148 valence electrons. The molecular weight excluding hydrogens is 334 g/mol. The molecule has 3 aliphatic heterocycles. The lowest BCUT2D eigenvalue weighted by Gasteiger charge is -2.44. The van der Waals surface area contributed by atoms with Crippen LogP contribution in [0.25, 0.3) is 0 Å². The van der Waals surface area contributed by atoms with Crippen LogP contribution in [0.5, 0.6) is 0 Å². The van der Waals surface area contributed by atoms with Gasteiger partial charge in [-0.05, 0) is 38.8 Å². The Kier molecular flexibility index (Phi) is 7.10. The number of piperazine rings is 1. The van der Waals surface area contributed by atoms with Crippen molar-refractivity contribution in [3.8, 4) is 0 Å². The molecule has 8 heteroatoms. The maximum Gasteiger partial charge on any atom is 0.335 e. The smallest absolute Gasteiger partial charge is 0.335 e. The number of hydrazine groups is 1. The fraction of sp³-hybridized carbons (Fsp3) is 0.889. The summed E-state index contributed by atoms with van der Waals surface area (Å²) in [6.07, 6.45) is 5.70. The van der Waals surface area contributed by atoms with E-state index in [2.05, 4.69) is 10.2 Å². The molecule has 3 saturated heterocycles. The van der Waals surface area contributed by atoms with Gasteiger partial charge in [0, 0.05) is 45.3 Å². The van der Waals surface area contributed by atoms with Crippen LogP contribution in [0.3, 0.4) is 0 Å². The van der Waals surface area contributed by atoms with Crippen LogP contribution in [0, 0.1) is 0 Å². The lowest BCUT2D eigenvalue weighted by Crippen LogP contribution is -2.60. The number of rotatable bonds is 4. The van der Waals surface area contributed by atoms with Crippen molar-refractivity contribution < 1.29 is 14.3 Å². The van der Waals surface area contributed by atoms with Gasteiger partial charge in [-0.15, -0.1) is 0 Å². The van der Waals surface area contributed by atoms with Gasteiger partial charge in [-0.25, -0.2) is 14.8 Å². The summed E-state index contributed by atoms with van der Waals surface area (Å²) in [4.78, 5) is 29.4. The topological polar surface area (TPSA) is 68.4 Å². The molecule has 0 radical (unpaired) electrons. The Balaban J connectivity index is 1.57. The van der Waals surface area contributed by atoms with Gasteiger partial charge in [0.2, 0.25) is 0 Å². The maximum absolute atomic E-state index is 13.1. The normalized spacial score (nSPS) is 23.7. The van der Waals surface area contributed by atoms with Crippen molar-refractivity contribution in [2.45, 2.75) is 38.1 Å². The third kappa shape index (κ3) is 4.86. The van der Waals surface area contributed by atoms with Crippen molar-refractivity contribution in [2.75, 3.05) is 66.0 Å². The number of ether oxygens (including phenoxy) is 1. The molecule has 0 saturated carbocycles. The van der Waals surface area contributed by atoms with E-state index < -0.39 is 0 Å². The molecule has 1 N–H and O–H groups in total. The van der Waals surface area contributed by atoms with Crippen molar-refractivity contribution in [3.05, 3.63) is 0 Å². The van der Waals surface area contributed by atoms with Crippen LogP contribution < -0.4 is 5.32 Å². The van der Waals surface area contributed by atoms with Crippen molar-refractivity contribution in [2.24, 2.45) is 0 Å². The SMILES string of the molecule is COC(=O)CN(C(=O)N1CCN(C2CCNCC2)CC1)N1CCCCC1. The zero-order valence-electron chi connectivity index (χ0n) is 16.0. The summed E-state index contributed by atoms with van der Waals surface area (Å²) in [6.45, 7) is 7.14. The van der Waals surface area contributed by atoms with E-state index in [1.54, 1.807) is 5.01 Å². The molecule has 0 bridgehead atoms. The number of hydrogen-bond acceptors (Lipinski definition) is 6. The van der Waals surface area contributed by atoms with Crippen molar-refractivity contribution in [3.63, 3.8) is 0 Å². The number of carbonyl (C=O) groups excluding carboxylic acids is 2. The van der Waals surface area contributed by atoms with E-state index in [4.69, 9.17) is 4.74 Å². The molecule has 0 spiro atoms. The predicted molar refractivity (Wildman–Crippen MR) is 98.6 cm³/mol. The number of nitrogens with one attached hydrogen (secondary N) is 1. The molecule has 0 aliphatic carbocycles. The second-order valence-corrected chi connectivity index (χ2v) is 7.43. The lowest BCUT2D eigenvalue weighted by atomic mass is 10.0. The number of urea groups is 1. The number of piperidine rings is 2. The number of nitrogens with zero attached hydrogens (tertiary/aromatic N) is 4. The van der Waals surface area contributed by atoms with Crippen molar-refractivity contribution >= 4 is 12.0 Å². The molecule has 0 unspecified atom stereocenters. The fourth-order valence-corrected chi connectivity index (χ4v) is 4.21. The van der Waals surface area contributed by atoms with Crippen molar-refractivity contribution in [1.82, 2.24) is 25.1 Å². The third-order valence-electron chi connectivity index (χ3n) is 5.81. The highest BCUT2D eigenvalue weighted by Crippen LogP contribution is 2.18. The molecule has 8 nitrogen and oxygen atoms in total. The van der Waals surface area contributed by atoms with Gasteiger partial charge in [0.05, 0.1) is 7.11 Å². The fourth-order valence-electron chi connectivity index (χ4n) is 4.21. The average molecular weight is 367 g/mol. The van der Waals surface area contributed by atoms with Gasteiger partial charge in [-0.3, -0.25) is 9.69 Å². The quantitative estimate of drug-likeness (QED) is 0.724. The number of carbonyl (C=O) groups is 2. The Hall–Kier alpha value is -1.38. The second kappa shape index (κ2) is 9.53. The van der Waals surface area contributed by atoms with E-state index in [0.717, 1.165) is 65.2 Å². The van der Waals surface area contributed by atoms with Crippen LogP contribution in [-0.4, -0.2) is 104 Å². The third-order valence-corrected chi connectivity index (χ3v) is 5.81. The highest BCUT2D eigenvalue weighted by atomic mass is 16.5. The van der Waals surface area contributed by atoms with Crippen LogP contribution in [0.1, 0.15) is 32.1 Å². The molecule has 26 heavy (non-hydrogen) atoms. The van der Waals surface area contributed by atoms with Crippen molar-refractivity contribution in [1.29, 1.82) is 0 Å². The summed E-state index contributed by atoms with van der Waals surface area (Å²) >= 11 is 0. The summed E-state index contributed by atoms with van der Waals surface area (Å²) in [6, 6.07) is 0.587. The van der Waals surface area contributed by atoms with Gasteiger partial charge in [0.15, 0.2) is 0 Å². The molecule has 0 aromatic carbocycles. The average Bonchev–Trinajstić information content (AvgIpc) is 2.72. The molecule has 3 fully saturated rings. The minimum absolute atomic E-state index is 0.00381. The number of hydrogen-bond donors (Lipinski definition) is 1. The summed E-state index contributed by atoms with van der Waals surface area (Å²) in [5.41, 5.74) is 0. The molecule has 3 heterocycles. The first-order valence-electron chi connectivity index (χ1n) is 10.0. The largest absolute Gasteiger partial charge is 0.468 e. The Bertz CT molecular complexity index is 469. The van der Waals surface area contributed by atoms with Crippen LogP contribution in [0.4, 0.5) is 4.79 Å². The Morgan fingerprint density at radius 3 is 2.27 bits per heavy atom. The van der Waals surface area contributed by atoms with Crippen LogP contribution in [0.2, 0.25) is 0 Å². The van der Waals surface area contributed by atoms with E-state index in [0.29, 0.717) is 6.04 Å². The minimum atomic E-state index is -0.364. The van der Waals surface area contributed by atoms with Gasteiger partial charge >= 0.3 is 12.0 Å². The summed E-state index contributed by atoms with van der Waals surface area (Å²) in [7, 11) is 1.37. The zero-order valence-corrected chi connectivity index (χ0v) is 16.0. The minimum Gasteiger partial charge on any atom is -0.468 e. The highest BCUT2D eigenvalue weighted by molar-refractivity contribution is 5.80. The number of amides is 2. The molecule has 3 aliphatic rings. The Labute approximate surface area is 156 Å². The summed E-state index contributed by atoms with van der Waals surface area (Å²) in [5.74, 6) is -0.364. The van der Waals surface area contributed by atoms with Gasteiger partial charge in [0.1, 0.15) is 6.54 Å². The van der Waals surface area contributed by atoms with E-state index >= 15 is 0 Å². The molecule has 0 aromatic heterocycles. The molecule has 3 rings (SSSR count). The first kappa shape index (κ1) is 19.4. The Morgan fingerprint density at radius 1 is 1.00 bits per heavy atom. The summed E-state index contributed by atoms with van der Waals surface area (Å²) < 4.78 is 4.81. The van der Waals surface area contributed by atoms with Gasteiger partial charge < -0.3 is 15.0 Å². The van der Waals surface area contributed by atoms with Crippen LogP contribution >= 0.6 is 0 Å². The number of esters is 1. The molecule has 0 aromatic rings. The first-order valence-corrected chi connectivity index (χ1v) is 10.0. The first-order chi connectivity index (χ1) is 12.7. The molecular formula is C18H33N5O3. The zero-order chi connectivity index (χ0) is 18.4. The molecule has 0 atom stereocenters. The maximum atomic E-state index is 13.1. The second-order valence-electron chi connectivity index (χ2n) is 7.43.